The first-order valence-corrected chi connectivity index (χ1v) is 7.86. The maximum absolute atomic E-state index is 9.67. The van der Waals surface area contributed by atoms with E-state index in [1.165, 1.54) is 25.7 Å². The highest BCUT2D eigenvalue weighted by atomic mass is 16.5. The molecule has 0 saturated heterocycles. The molecule has 0 aliphatic heterocycles. The van der Waals surface area contributed by atoms with Gasteiger partial charge in [0.05, 0.1) is 6.61 Å². The van der Waals surface area contributed by atoms with Gasteiger partial charge in [-0.25, -0.2) is 0 Å². The molecule has 0 saturated carbocycles. The molecule has 3 nitrogen and oxygen atoms in total. The summed E-state index contributed by atoms with van der Waals surface area (Å²) in [5.41, 5.74) is 1.15. The highest BCUT2D eigenvalue weighted by Crippen LogP contribution is 2.26. The first-order valence-electron chi connectivity index (χ1n) is 7.86. The summed E-state index contributed by atoms with van der Waals surface area (Å²) < 4.78 is 5.40. The van der Waals surface area contributed by atoms with Crippen molar-refractivity contribution >= 4 is 0 Å². The van der Waals surface area contributed by atoms with Crippen molar-refractivity contribution in [3.05, 3.63) is 23.8 Å². The van der Waals surface area contributed by atoms with Crippen LogP contribution in [0.4, 0.5) is 0 Å². The quantitative estimate of drug-likeness (QED) is 0.677. The number of ether oxygens (including phenoxy) is 1. The highest BCUT2D eigenvalue weighted by Gasteiger charge is 2.06. The van der Waals surface area contributed by atoms with E-state index >= 15 is 0 Å². The molecule has 0 amide bonds. The molecule has 0 heterocycles. The van der Waals surface area contributed by atoms with E-state index in [9.17, 15) is 5.11 Å². The molecular formula is C17H29NO2. The molecule has 1 unspecified atom stereocenters. The summed E-state index contributed by atoms with van der Waals surface area (Å²) in [5.74, 6) is 1.55. The lowest BCUT2D eigenvalue weighted by atomic mass is 9.99. The largest absolute Gasteiger partial charge is 0.504 e. The Hall–Kier alpha value is -1.22. The molecule has 1 aromatic carbocycles. The number of hydrogen-bond donors (Lipinski definition) is 2. The van der Waals surface area contributed by atoms with E-state index in [0.717, 1.165) is 24.6 Å². The van der Waals surface area contributed by atoms with Gasteiger partial charge in [-0.3, -0.25) is 0 Å². The number of hydrogen-bond acceptors (Lipinski definition) is 3. The van der Waals surface area contributed by atoms with Crippen LogP contribution in [-0.4, -0.2) is 18.3 Å². The Morgan fingerprint density at radius 2 is 2.05 bits per heavy atom. The third-order valence-corrected chi connectivity index (χ3v) is 3.63. The number of nitrogens with one attached hydrogen (secondary N) is 1. The lowest BCUT2D eigenvalue weighted by Gasteiger charge is -2.15. The van der Waals surface area contributed by atoms with Gasteiger partial charge in [0.25, 0.3) is 0 Å². The van der Waals surface area contributed by atoms with Gasteiger partial charge in [0, 0.05) is 6.54 Å². The average Bonchev–Trinajstić information content (AvgIpc) is 2.46. The van der Waals surface area contributed by atoms with E-state index in [1.54, 1.807) is 6.07 Å². The Labute approximate surface area is 123 Å². The van der Waals surface area contributed by atoms with Crippen LogP contribution in [0.3, 0.4) is 0 Å². The molecular weight excluding hydrogens is 250 g/mol. The lowest BCUT2D eigenvalue weighted by Crippen LogP contribution is -2.22. The summed E-state index contributed by atoms with van der Waals surface area (Å²) >= 11 is 0. The van der Waals surface area contributed by atoms with E-state index in [4.69, 9.17) is 4.74 Å². The fourth-order valence-corrected chi connectivity index (χ4v) is 2.30. The summed E-state index contributed by atoms with van der Waals surface area (Å²) in [6.07, 6.45) is 5.12. The molecule has 1 rings (SSSR count). The van der Waals surface area contributed by atoms with Crippen molar-refractivity contribution in [2.45, 2.75) is 53.0 Å². The van der Waals surface area contributed by atoms with Crippen LogP contribution in [0, 0.1) is 5.92 Å². The molecule has 0 radical (unpaired) electrons. The number of phenols is 1. The summed E-state index contributed by atoms with van der Waals surface area (Å²) in [6, 6.07) is 5.56. The van der Waals surface area contributed by atoms with Crippen molar-refractivity contribution in [2.75, 3.05) is 13.2 Å². The fourth-order valence-electron chi connectivity index (χ4n) is 2.30. The third kappa shape index (κ3) is 5.83. The van der Waals surface area contributed by atoms with Gasteiger partial charge in [-0.15, -0.1) is 0 Å². The topological polar surface area (TPSA) is 41.5 Å². The summed E-state index contributed by atoms with van der Waals surface area (Å²) in [5, 5.41) is 13.2. The third-order valence-electron chi connectivity index (χ3n) is 3.63. The first kappa shape index (κ1) is 16.8. The molecule has 2 N–H and O–H groups in total. The van der Waals surface area contributed by atoms with E-state index in [2.05, 4.69) is 19.2 Å². The molecule has 1 aromatic rings. The van der Waals surface area contributed by atoms with E-state index in [0.29, 0.717) is 12.4 Å². The summed E-state index contributed by atoms with van der Waals surface area (Å²) in [6.45, 7) is 8.87. The van der Waals surface area contributed by atoms with Gasteiger partial charge in [0.1, 0.15) is 0 Å². The van der Waals surface area contributed by atoms with Crippen LogP contribution < -0.4 is 10.1 Å². The molecule has 0 aliphatic carbocycles. The Morgan fingerprint density at radius 3 is 2.70 bits per heavy atom. The van der Waals surface area contributed by atoms with Crippen LogP contribution >= 0.6 is 0 Å². The van der Waals surface area contributed by atoms with E-state index in [-0.39, 0.29) is 5.75 Å². The average molecular weight is 279 g/mol. The summed E-state index contributed by atoms with van der Waals surface area (Å²) in [7, 11) is 0. The van der Waals surface area contributed by atoms with Crippen LogP contribution in [0.1, 0.15) is 52.0 Å². The van der Waals surface area contributed by atoms with Crippen molar-refractivity contribution < 1.29 is 9.84 Å². The zero-order valence-electron chi connectivity index (χ0n) is 13.1. The van der Waals surface area contributed by atoms with Crippen LogP contribution in [0.5, 0.6) is 11.5 Å². The second-order valence-electron chi connectivity index (χ2n) is 5.28. The van der Waals surface area contributed by atoms with Gasteiger partial charge < -0.3 is 15.2 Å². The minimum Gasteiger partial charge on any atom is -0.504 e. The second kappa shape index (κ2) is 9.65. The minimum atomic E-state index is 0.213. The molecule has 0 spiro atoms. The Kier molecular flexibility index (Phi) is 8.12. The van der Waals surface area contributed by atoms with E-state index in [1.807, 2.05) is 19.1 Å². The normalized spacial score (nSPS) is 12.3. The monoisotopic (exact) mass is 279 g/mol. The number of rotatable bonds is 10. The maximum Gasteiger partial charge on any atom is 0.161 e. The molecule has 0 bridgehead atoms. The SMILES string of the molecule is CCCCC(CC)CNCc1ccc(O)c(OCC)c1. The Balaban J connectivity index is 2.42. The van der Waals surface area contributed by atoms with Crippen LogP contribution in [0.25, 0.3) is 0 Å². The number of aromatic hydroxyl groups is 1. The molecule has 0 fully saturated rings. The number of benzene rings is 1. The smallest absolute Gasteiger partial charge is 0.161 e. The molecule has 3 heteroatoms. The van der Waals surface area contributed by atoms with Crippen LogP contribution in [0.15, 0.2) is 18.2 Å². The van der Waals surface area contributed by atoms with Crippen molar-refractivity contribution in [3.63, 3.8) is 0 Å². The van der Waals surface area contributed by atoms with Gasteiger partial charge in [-0.05, 0) is 43.5 Å². The van der Waals surface area contributed by atoms with Gasteiger partial charge in [-0.1, -0.05) is 39.2 Å². The van der Waals surface area contributed by atoms with E-state index < -0.39 is 0 Å². The zero-order chi connectivity index (χ0) is 14.8. The zero-order valence-corrected chi connectivity index (χ0v) is 13.1. The standard InChI is InChI=1S/C17H29NO2/c1-4-7-8-14(5-2)12-18-13-15-9-10-16(19)17(11-15)20-6-3/h9-11,14,18-19H,4-8,12-13H2,1-3H3. The van der Waals surface area contributed by atoms with Crippen molar-refractivity contribution in [1.29, 1.82) is 0 Å². The highest BCUT2D eigenvalue weighted by molar-refractivity contribution is 5.41. The van der Waals surface area contributed by atoms with Gasteiger partial charge in [-0.2, -0.15) is 0 Å². The predicted molar refractivity (Wildman–Crippen MR) is 84.3 cm³/mol. The predicted octanol–water partition coefficient (Wildman–Crippen LogP) is 4.10. The Morgan fingerprint density at radius 1 is 1.25 bits per heavy atom. The van der Waals surface area contributed by atoms with Gasteiger partial charge in [0.15, 0.2) is 11.5 Å². The molecule has 114 valence electrons. The molecule has 1 atom stereocenters. The van der Waals surface area contributed by atoms with Gasteiger partial charge in [0.2, 0.25) is 0 Å². The Bertz CT molecular complexity index is 379. The van der Waals surface area contributed by atoms with Crippen LogP contribution in [0.2, 0.25) is 0 Å². The van der Waals surface area contributed by atoms with Crippen molar-refractivity contribution in [2.24, 2.45) is 5.92 Å². The van der Waals surface area contributed by atoms with Crippen molar-refractivity contribution in [3.8, 4) is 11.5 Å². The number of phenolic OH excluding ortho intramolecular Hbond substituents is 1. The lowest BCUT2D eigenvalue weighted by molar-refractivity contribution is 0.317. The van der Waals surface area contributed by atoms with Crippen LogP contribution in [-0.2, 0) is 6.54 Å². The number of unbranched alkanes of at least 4 members (excludes halogenated alkanes) is 1. The van der Waals surface area contributed by atoms with Gasteiger partial charge >= 0.3 is 0 Å². The molecule has 0 aliphatic rings. The minimum absolute atomic E-state index is 0.213. The molecule has 20 heavy (non-hydrogen) atoms. The second-order valence-corrected chi connectivity index (χ2v) is 5.28. The first-order chi connectivity index (χ1) is 9.71. The molecule has 0 aromatic heterocycles. The summed E-state index contributed by atoms with van der Waals surface area (Å²) in [4.78, 5) is 0. The van der Waals surface area contributed by atoms with Crippen molar-refractivity contribution in [1.82, 2.24) is 5.32 Å². The maximum atomic E-state index is 9.67. The fraction of sp³-hybridized carbons (Fsp3) is 0.647.